The summed E-state index contributed by atoms with van der Waals surface area (Å²) < 4.78 is 26.9. The number of sulfonamides is 1. The summed E-state index contributed by atoms with van der Waals surface area (Å²) in [6.07, 6.45) is 2.02. The molecule has 0 bridgehead atoms. The molecule has 0 aromatic carbocycles. The van der Waals surface area contributed by atoms with Gasteiger partial charge in [-0.3, -0.25) is 0 Å². The number of thiophene rings is 1. The van der Waals surface area contributed by atoms with Gasteiger partial charge in [-0.25, -0.2) is 13.1 Å². The van der Waals surface area contributed by atoms with Gasteiger partial charge in [-0.15, -0.1) is 11.3 Å². The van der Waals surface area contributed by atoms with E-state index in [1.165, 1.54) is 4.88 Å². The van der Waals surface area contributed by atoms with E-state index >= 15 is 0 Å². The molecule has 1 aromatic heterocycles. The molecule has 108 valence electrons. The number of hydrogen-bond donors (Lipinski definition) is 2. The van der Waals surface area contributed by atoms with Gasteiger partial charge >= 0.3 is 0 Å². The summed E-state index contributed by atoms with van der Waals surface area (Å²) in [7, 11) is -3.20. The zero-order chi connectivity index (χ0) is 13.9. The van der Waals surface area contributed by atoms with Gasteiger partial charge in [0.2, 0.25) is 10.0 Å². The van der Waals surface area contributed by atoms with Crippen molar-refractivity contribution in [1.82, 2.24) is 10.0 Å². The van der Waals surface area contributed by atoms with Crippen LogP contribution in [0.5, 0.6) is 0 Å². The molecular formula is C13H22N2O2S2. The highest BCUT2D eigenvalue weighted by Crippen LogP contribution is 2.26. The zero-order valence-electron chi connectivity index (χ0n) is 11.5. The largest absolute Gasteiger partial charge is 0.313 e. The van der Waals surface area contributed by atoms with Gasteiger partial charge in [0.25, 0.3) is 0 Å². The molecule has 1 aliphatic rings. The molecule has 2 N–H and O–H groups in total. The van der Waals surface area contributed by atoms with Crippen LogP contribution in [0.3, 0.4) is 0 Å². The summed E-state index contributed by atoms with van der Waals surface area (Å²) in [6.45, 7) is 5.51. The average molecular weight is 302 g/mol. The predicted molar refractivity (Wildman–Crippen MR) is 80.2 cm³/mol. The molecule has 1 unspecified atom stereocenters. The lowest BCUT2D eigenvalue weighted by Gasteiger charge is -2.24. The molecule has 1 aromatic rings. The number of rotatable bonds is 6. The molecule has 2 heterocycles. The highest BCUT2D eigenvalue weighted by molar-refractivity contribution is 7.89. The Balaban J connectivity index is 1.90. The van der Waals surface area contributed by atoms with Gasteiger partial charge in [-0.2, -0.15) is 0 Å². The molecule has 1 saturated heterocycles. The van der Waals surface area contributed by atoms with E-state index in [0.717, 1.165) is 19.4 Å². The maximum atomic E-state index is 12.1. The van der Waals surface area contributed by atoms with Crippen molar-refractivity contribution in [3.8, 4) is 0 Å². The molecule has 0 amide bonds. The van der Waals surface area contributed by atoms with Crippen molar-refractivity contribution in [2.45, 2.75) is 38.1 Å². The van der Waals surface area contributed by atoms with Gasteiger partial charge in [0.15, 0.2) is 0 Å². The molecule has 1 fully saturated rings. The van der Waals surface area contributed by atoms with Crippen LogP contribution in [0.25, 0.3) is 0 Å². The SMILES string of the molecule is CC(C)(CNS(=O)(=O)CC1CCCN1)c1cccs1. The summed E-state index contributed by atoms with van der Waals surface area (Å²) in [4.78, 5) is 1.20. The van der Waals surface area contributed by atoms with Crippen LogP contribution in [0.4, 0.5) is 0 Å². The van der Waals surface area contributed by atoms with Gasteiger partial charge < -0.3 is 5.32 Å². The Bertz CT molecular complexity index is 489. The van der Waals surface area contributed by atoms with E-state index < -0.39 is 10.0 Å². The van der Waals surface area contributed by atoms with Crippen molar-refractivity contribution in [2.24, 2.45) is 0 Å². The molecule has 2 rings (SSSR count). The first-order valence-corrected chi connectivity index (χ1v) is 9.17. The Hall–Kier alpha value is -0.430. The highest BCUT2D eigenvalue weighted by atomic mass is 32.2. The minimum Gasteiger partial charge on any atom is -0.313 e. The number of nitrogens with one attached hydrogen (secondary N) is 2. The fourth-order valence-corrected chi connectivity index (χ4v) is 4.63. The number of hydrogen-bond acceptors (Lipinski definition) is 4. The van der Waals surface area contributed by atoms with Crippen LogP contribution < -0.4 is 10.0 Å². The van der Waals surface area contributed by atoms with Crippen molar-refractivity contribution in [1.29, 1.82) is 0 Å². The van der Waals surface area contributed by atoms with Crippen LogP contribution in [0.2, 0.25) is 0 Å². The van der Waals surface area contributed by atoms with E-state index in [2.05, 4.69) is 30.0 Å². The second kappa shape index (κ2) is 5.91. The van der Waals surface area contributed by atoms with Gasteiger partial charge in [-0.1, -0.05) is 19.9 Å². The van der Waals surface area contributed by atoms with Crippen molar-refractivity contribution in [2.75, 3.05) is 18.8 Å². The van der Waals surface area contributed by atoms with Crippen LogP contribution in [0, 0.1) is 0 Å². The fraction of sp³-hybridized carbons (Fsp3) is 0.692. The second-order valence-corrected chi connectivity index (χ2v) is 8.56. The van der Waals surface area contributed by atoms with Crippen LogP contribution in [-0.2, 0) is 15.4 Å². The van der Waals surface area contributed by atoms with Crippen molar-refractivity contribution in [3.05, 3.63) is 22.4 Å². The third-order valence-corrected chi connectivity index (χ3v) is 6.17. The van der Waals surface area contributed by atoms with E-state index in [9.17, 15) is 8.42 Å². The second-order valence-electron chi connectivity index (χ2n) is 5.76. The van der Waals surface area contributed by atoms with Gasteiger partial charge in [-0.05, 0) is 30.8 Å². The first kappa shape index (κ1) is 15.0. The van der Waals surface area contributed by atoms with Crippen LogP contribution in [-0.4, -0.2) is 33.3 Å². The Labute approximate surface area is 119 Å². The topological polar surface area (TPSA) is 58.2 Å². The third-order valence-electron chi connectivity index (χ3n) is 3.51. The summed E-state index contributed by atoms with van der Waals surface area (Å²) in [5.74, 6) is 0.188. The molecule has 6 heteroatoms. The lowest BCUT2D eigenvalue weighted by atomic mass is 9.92. The molecule has 0 radical (unpaired) electrons. The molecule has 4 nitrogen and oxygen atoms in total. The minimum absolute atomic E-state index is 0.113. The third kappa shape index (κ3) is 4.27. The van der Waals surface area contributed by atoms with E-state index in [-0.39, 0.29) is 17.2 Å². The molecule has 1 atom stereocenters. The smallest absolute Gasteiger partial charge is 0.213 e. The maximum Gasteiger partial charge on any atom is 0.213 e. The Morgan fingerprint density at radius 3 is 2.89 bits per heavy atom. The first-order chi connectivity index (χ1) is 8.89. The quantitative estimate of drug-likeness (QED) is 0.841. The minimum atomic E-state index is -3.20. The summed E-state index contributed by atoms with van der Waals surface area (Å²) in [5, 5.41) is 5.24. The van der Waals surface area contributed by atoms with Crippen molar-refractivity contribution >= 4 is 21.4 Å². The normalized spacial score (nSPS) is 20.8. The van der Waals surface area contributed by atoms with Gasteiger partial charge in [0.1, 0.15) is 0 Å². The Kier molecular flexibility index (Phi) is 4.66. The van der Waals surface area contributed by atoms with E-state index in [0.29, 0.717) is 6.54 Å². The highest BCUT2D eigenvalue weighted by Gasteiger charge is 2.26. The van der Waals surface area contributed by atoms with Crippen molar-refractivity contribution in [3.63, 3.8) is 0 Å². The predicted octanol–water partition coefficient (Wildman–Crippen LogP) is 1.70. The van der Waals surface area contributed by atoms with E-state index in [1.807, 2.05) is 11.4 Å². The average Bonchev–Trinajstić information content (AvgIpc) is 2.98. The standard InChI is InChI=1S/C13H22N2O2S2/c1-13(2,12-6-4-8-18-12)10-15-19(16,17)9-11-5-3-7-14-11/h4,6,8,11,14-15H,3,5,7,9-10H2,1-2H3. The Morgan fingerprint density at radius 2 is 2.32 bits per heavy atom. The fourth-order valence-electron chi connectivity index (χ4n) is 2.26. The van der Waals surface area contributed by atoms with E-state index in [4.69, 9.17) is 0 Å². The molecule has 0 aliphatic carbocycles. The van der Waals surface area contributed by atoms with Gasteiger partial charge in [0, 0.05) is 22.9 Å². The first-order valence-electron chi connectivity index (χ1n) is 6.64. The summed E-state index contributed by atoms with van der Waals surface area (Å²) >= 11 is 1.67. The zero-order valence-corrected chi connectivity index (χ0v) is 13.1. The van der Waals surface area contributed by atoms with E-state index in [1.54, 1.807) is 11.3 Å². The van der Waals surface area contributed by atoms with Crippen LogP contribution >= 0.6 is 11.3 Å². The lowest BCUT2D eigenvalue weighted by Crippen LogP contribution is -2.41. The molecule has 1 aliphatic heterocycles. The summed E-state index contributed by atoms with van der Waals surface area (Å²) in [5.41, 5.74) is -0.162. The molecule has 0 saturated carbocycles. The monoisotopic (exact) mass is 302 g/mol. The summed E-state index contributed by atoms with van der Waals surface area (Å²) in [6, 6.07) is 4.17. The Morgan fingerprint density at radius 1 is 1.53 bits per heavy atom. The molecule has 0 spiro atoms. The van der Waals surface area contributed by atoms with Crippen molar-refractivity contribution < 1.29 is 8.42 Å². The van der Waals surface area contributed by atoms with Gasteiger partial charge in [0.05, 0.1) is 5.75 Å². The molecule has 19 heavy (non-hydrogen) atoms. The maximum absolute atomic E-state index is 12.1. The molecular weight excluding hydrogens is 280 g/mol. The van der Waals surface area contributed by atoms with Crippen LogP contribution in [0.15, 0.2) is 17.5 Å². The van der Waals surface area contributed by atoms with Crippen LogP contribution in [0.1, 0.15) is 31.6 Å². The lowest BCUT2D eigenvalue weighted by molar-refractivity contribution is 0.505.